The number of rotatable bonds is 6. The summed E-state index contributed by atoms with van der Waals surface area (Å²) in [5.41, 5.74) is 3.82. The number of amides is 1. The molecule has 3 rings (SSSR count). The van der Waals surface area contributed by atoms with Gasteiger partial charge in [-0.05, 0) is 59.1 Å². The predicted molar refractivity (Wildman–Crippen MR) is 113 cm³/mol. The first-order chi connectivity index (χ1) is 13.3. The summed E-state index contributed by atoms with van der Waals surface area (Å²) < 4.78 is 2.39. The number of carbonyl (C=O) groups excluding carboxylic acids is 1. The fraction of sp³-hybridized carbons (Fsp3) is 0.158. The summed E-state index contributed by atoms with van der Waals surface area (Å²) in [7, 11) is 0. The average Bonchev–Trinajstić information content (AvgIpc) is 3.12. The van der Waals surface area contributed by atoms with E-state index >= 15 is 0 Å². The Labute approximate surface area is 174 Å². The van der Waals surface area contributed by atoms with E-state index in [1.165, 1.54) is 41.1 Å². The molecule has 1 amide bonds. The number of halogens is 1. The summed E-state index contributed by atoms with van der Waals surface area (Å²) in [5.74, 6) is -0.0696. The number of hydrogen-bond donors (Lipinski definition) is 1. The van der Waals surface area contributed by atoms with Crippen molar-refractivity contribution in [2.24, 2.45) is 0 Å². The lowest BCUT2D eigenvalue weighted by Crippen LogP contribution is -2.15. The van der Waals surface area contributed by atoms with Crippen LogP contribution in [0.3, 0.4) is 0 Å². The number of imidazole rings is 1. The summed E-state index contributed by atoms with van der Waals surface area (Å²) >= 11 is 4.56. The molecule has 0 fully saturated rings. The van der Waals surface area contributed by atoms with E-state index in [0.29, 0.717) is 15.3 Å². The standard InChI is InChI=1S/C19H17BrN4O3S/c1-12-3-4-14(9-13(12)2)23-8-7-21-19(23)28-11-18(25)22-17-6-5-15(24(26)27)10-16(17)20/h3-10H,11H2,1-2H3,(H,22,25). The minimum atomic E-state index is -0.487. The number of carbonyl (C=O) groups is 1. The first-order valence-corrected chi connectivity index (χ1v) is 10.1. The number of aryl methyl sites for hydroxylation is 2. The van der Waals surface area contributed by atoms with Gasteiger partial charge in [0.05, 0.1) is 16.4 Å². The van der Waals surface area contributed by atoms with Crippen molar-refractivity contribution in [2.45, 2.75) is 19.0 Å². The second-order valence-electron chi connectivity index (χ2n) is 6.11. The van der Waals surface area contributed by atoms with Gasteiger partial charge in [-0.15, -0.1) is 0 Å². The lowest BCUT2D eigenvalue weighted by Gasteiger charge is -2.10. The highest BCUT2D eigenvalue weighted by molar-refractivity contribution is 9.10. The predicted octanol–water partition coefficient (Wildman–Crippen LogP) is 4.89. The summed E-state index contributed by atoms with van der Waals surface area (Å²) in [6.45, 7) is 4.11. The number of thioether (sulfide) groups is 1. The zero-order valence-corrected chi connectivity index (χ0v) is 17.6. The van der Waals surface area contributed by atoms with Gasteiger partial charge in [0.15, 0.2) is 5.16 Å². The molecule has 0 aliphatic carbocycles. The second kappa shape index (κ2) is 8.57. The Morgan fingerprint density at radius 1 is 1.25 bits per heavy atom. The van der Waals surface area contributed by atoms with Crippen LogP contribution < -0.4 is 5.32 Å². The number of non-ortho nitro benzene ring substituents is 1. The van der Waals surface area contributed by atoms with Gasteiger partial charge in [0, 0.05) is 34.7 Å². The molecule has 1 N–H and O–H groups in total. The van der Waals surface area contributed by atoms with Crippen molar-refractivity contribution in [3.05, 3.63) is 74.5 Å². The average molecular weight is 461 g/mol. The van der Waals surface area contributed by atoms with Crippen molar-refractivity contribution in [2.75, 3.05) is 11.1 Å². The summed E-state index contributed by atoms with van der Waals surface area (Å²) in [5, 5.41) is 14.3. The normalized spacial score (nSPS) is 10.7. The molecule has 0 aliphatic heterocycles. The Bertz CT molecular complexity index is 1050. The molecule has 0 unspecified atom stereocenters. The van der Waals surface area contributed by atoms with Crippen LogP contribution in [-0.4, -0.2) is 26.1 Å². The van der Waals surface area contributed by atoms with E-state index in [2.05, 4.69) is 52.2 Å². The van der Waals surface area contributed by atoms with Crippen LogP contribution in [0.4, 0.5) is 11.4 Å². The molecule has 9 heteroatoms. The van der Waals surface area contributed by atoms with E-state index in [-0.39, 0.29) is 17.3 Å². The molecule has 0 radical (unpaired) electrons. The molecule has 2 aromatic carbocycles. The highest BCUT2D eigenvalue weighted by Gasteiger charge is 2.13. The maximum atomic E-state index is 12.3. The second-order valence-corrected chi connectivity index (χ2v) is 7.90. The fourth-order valence-electron chi connectivity index (χ4n) is 2.50. The van der Waals surface area contributed by atoms with E-state index in [4.69, 9.17) is 0 Å². The minimum Gasteiger partial charge on any atom is -0.324 e. The van der Waals surface area contributed by atoms with Crippen LogP contribution in [0.15, 0.2) is 58.4 Å². The van der Waals surface area contributed by atoms with Crippen molar-refractivity contribution in [3.8, 4) is 5.69 Å². The zero-order chi connectivity index (χ0) is 20.3. The van der Waals surface area contributed by atoms with Crippen LogP contribution in [0.1, 0.15) is 11.1 Å². The van der Waals surface area contributed by atoms with E-state index in [1.54, 1.807) is 6.20 Å². The van der Waals surface area contributed by atoms with Crippen molar-refractivity contribution < 1.29 is 9.72 Å². The van der Waals surface area contributed by atoms with Crippen LogP contribution in [-0.2, 0) is 4.79 Å². The summed E-state index contributed by atoms with van der Waals surface area (Å²) in [4.78, 5) is 26.9. The molecule has 3 aromatic rings. The van der Waals surface area contributed by atoms with Gasteiger partial charge < -0.3 is 5.32 Å². The Morgan fingerprint density at radius 2 is 2.04 bits per heavy atom. The third-order valence-electron chi connectivity index (χ3n) is 4.15. The van der Waals surface area contributed by atoms with Crippen LogP contribution in [0.2, 0.25) is 0 Å². The van der Waals surface area contributed by atoms with Gasteiger partial charge in [0.1, 0.15) is 0 Å². The number of anilines is 1. The van der Waals surface area contributed by atoms with E-state index in [0.717, 1.165) is 5.69 Å². The van der Waals surface area contributed by atoms with Crippen molar-refractivity contribution in [3.63, 3.8) is 0 Å². The number of nitro groups is 1. The third kappa shape index (κ3) is 4.60. The molecule has 1 heterocycles. The number of benzene rings is 2. The molecule has 28 heavy (non-hydrogen) atoms. The molecule has 0 bridgehead atoms. The molecular formula is C19H17BrN4O3S. The van der Waals surface area contributed by atoms with Crippen LogP contribution >= 0.6 is 27.7 Å². The Morgan fingerprint density at radius 3 is 2.71 bits per heavy atom. The van der Waals surface area contributed by atoms with Gasteiger partial charge in [0.25, 0.3) is 5.69 Å². The topological polar surface area (TPSA) is 90.1 Å². The maximum Gasteiger partial charge on any atom is 0.270 e. The smallest absolute Gasteiger partial charge is 0.270 e. The number of aromatic nitrogens is 2. The highest BCUT2D eigenvalue weighted by Crippen LogP contribution is 2.28. The number of nitro benzene ring substituents is 1. The molecule has 0 spiro atoms. The lowest BCUT2D eigenvalue weighted by molar-refractivity contribution is -0.384. The summed E-state index contributed by atoms with van der Waals surface area (Å²) in [6, 6.07) is 10.4. The van der Waals surface area contributed by atoms with Gasteiger partial charge in [0.2, 0.25) is 5.91 Å². The van der Waals surface area contributed by atoms with Crippen LogP contribution in [0.5, 0.6) is 0 Å². The van der Waals surface area contributed by atoms with Gasteiger partial charge in [-0.1, -0.05) is 17.8 Å². The monoisotopic (exact) mass is 460 g/mol. The number of nitrogens with one attached hydrogen (secondary N) is 1. The third-order valence-corrected chi connectivity index (χ3v) is 5.77. The van der Waals surface area contributed by atoms with Crippen molar-refractivity contribution >= 4 is 45.0 Å². The molecule has 0 aliphatic rings. The number of hydrogen-bond acceptors (Lipinski definition) is 5. The largest absolute Gasteiger partial charge is 0.324 e. The Hall–Kier alpha value is -2.65. The van der Waals surface area contributed by atoms with Gasteiger partial charge in [-0.2, -0.15) is 0 Å². The first kappa shape index (κ1) is 20.1. The molecule has 144 valence electrons. The Balaban J connectivity index is 1.67. The maximum absolute atomic E-state index is 12.3. The van der Waals surface area contributed by atoms with E-state index in [9.17, 15) is 14.9 Å². The molecular weight excluding hydrogens is 444 g/mol. The molecule has 7 nitrogen and oxygen atoms in total. The highest BCUT2D eigenvalue weighted by atomic mass is 79.9. The van der Waals surface area contributed by atoms with Gasteiger partial charge >= 0.3 is 0 Å². The lowest BCUT2D eigenvalue weighted by atomic mass is 10.1. The Kier molecular flexibility index (Phi) is 6.15. The first-order valence-electron chi connectivity index (χ1n) is 8.32. The quantitative estimate of drug-likeness (QED) is 0.321. The zero-order valence-electron chi connectivity index (χ0n) is 15.2. The van der Waals surface area contributed by atoms with Crippen LogP contribution in [0, 0.1) is 24.0 Å². The van der Waals surface area contributed by atoms with E-state index in [1.807, 2.05) is 16.8 Å². The fourth-order valence-corrected chi connectivity index (χ4v) is 3.74. The SMILES string of the molecule is Cc1ccc(-n2ccnc2SCC(=O)Nc2ccc([N+](=O)[O-])cc2Br)cc1C. The van der Waals surface area contributed by atoms with Crippen molar-refractivity contribution in [1.29, 1.82) is 0 Å². The van der Waals surface area contributed by atoms with Gasteiger partial charge in [-0.3, -0.25) is 19.5 Å². The van der Waals surface area contributed by atoms with Crippen LogP contribution in [0.25, 0.3) is 5.69 Å². The van der Waals surface area contributed by atoms with Crippen molar-refractivity contribution in [1.82, 2.24) is 9.55 Å². The van der Waals surface area contributed by atoms with E-state index < -0.39 is 4.92 Å². The molecule has 0 saturated heterocycles. The molecule has 0 atom stereocenters. The molecule has 1 aromatic heterocycles. The summed E-state index contributed by atoms with van der Waals surface area (Å²) in [6.07, 6.45) is 3.56. The molecule has 0 saturated carbocycles. The number of nitrogens with zero attached hydrogens (tertiary/aromatic N) is 3. The minimum absolute atomic E-state index is 0.0466. The van der Waals surface area contributed by atoms with Gasteiger partial charge in [-0.25, -0.2) is 4.98 Å².